The lowest BCUT2D eigenvalue weighted by molar-refractivity contribution is -0.149. The van der Waals surface area contributed by atoms with Gasteiger partial charge in [0.1, 0.15) is 6.29 Å². The number of methoxy groups -OCH3 is 1. The number of amides is 1. The Morgan fingerprint density at radius 2 is 1.96 bits per heavy atom. The molecule has 0 unspecified atom stereocenters. The average Bonchev–Trinajstić information content (AvgIpc) is 2.66. The first-order valence-electron chi connectivity index (χ1n) is 7.45. The van der Waals surface area contributed by atoms with Crippen LogP contribution in [0, 0.1) is 0 Å². The number of ether oxygens (including phenoxy) is 3. The van der Waals surface area contributed by atoms with Gasteiger partial charge in [-0.05, 0) is 24.3 Å². The molecule has 2 aromatic rings. The van der Waals surface area contributed by atoms with Crippen molar-refractivity contribution in [3.8, 4) is 11.5 Å². The molecule has 0 saturated carbocycles. The summed E-state index contributed by atoms with van der Waals surface area (Å²) in [7, 11) is 1.40. The maximum Gasteiger partial charge on any atom is 0.344 e. The van der Waals surface area contributed by atoms with Gasteiger partial charge in [0, 0.05) is 11.8 Å². The van der Waals surface area contributed by atoms with Gasteiger partial charge in [0.2, 0.25) is 0 Å². The number of hydrogen-bond donors (Lipinski definition) is 1. The van der Waals surface area contributed by atoms with Crippen LogP contribution in [-0.2, 0) is 14.3 Å². The predicted molar refractivity (Wildman–Crippen MR) is 97.7 cm³/mol. The lowest BCUT2D eigenvalue weighted by atomic mass is 10.2. The summed E-state index contributed by atoms with van der Waals surface area (Å²) in [4.78, 5) is 38.1. The second kappa shape index (κ2) is 9.75. The number of anilines is 1. The third-order valence-electron chi connectivity index (χ3n) is 3.10. The van der Waals surface area contributed by atoms with E-state index in [0.29, 0.717) is 16.9 Å². The van der Waals surface area contributed by atoms with Gasteiger partial charge < -0.3 is 19.5 Å². The summed E-state index contributed by atoms with van der Waals surface area (Å²) in [6.45, 7) is -1.01. The highest BCUT2D eigenvalue weighted by Crippen LogP contribution is 2.27. The molecule has 0 aliphatic carbocycles. The van der Waals surface area contributed by atoms with E-state index in [-0.39, 0.29) is 22.3 Å². The molecule has 0 spiro atoms. The number of benzene rings is 1. The number of hydrogen-bond acceptors (Lipinski definition) is 7. The molecule has 0 bridgehead atoms. The van der Waals surface area contributed by atoms with E-state index >= 15 is 0 Å². The monoisotopic (exact) mass is 412 g/mol. The fourth-order valence-electron chi connectivity index (χ4n) is 1.88. The molecule has 10 heteroatoms. The van der Waals surface area contributed by atoms with Crippen LogP contribution in [0.15, 0.2) is 30.5 Å². The Bertz CT molecular complexity index is 859. The van der Waals surface area contributed by atoms with E-state index in [1.54, 1.807) is 0 Å². The highest BCUT2D eigenvalue weighted by atomic mass is 35.5. The fourth-order valence-corrected chi connectivity index (χ4v) is 2.30. The first kappa shape index (κ1) is 20.5. The molecule has 0 radical (unpaired) electrons. The number of pyridine rings is 1. The molecule has 1 aromatic heterocycles. The summed E-state index contributed by atoms with van der Waals surface area (Å²) >= 11 is 11.6. The van der Waals surface area contributed by atoms with E-state index in [9.17, 15) is 14.4 Å². The standard InChI is InChI=1S/C17H14Cl2N2O6/c1-25-14-4-10(7-22)2-3-13(14)26-9-16(24)27-8-15(23)21-17-12(19)5-11(18)6-20-17/h2-7H,8-9H2,1H3,(H,20,21,23). The lowest BCUT2D eigenvalue weighted by Gasteiger charge is -2.11. The average molecular weight is 413 g/mol. The van der Waals surface area contributed by atoms with Crippen molar-refractivity contribution in [1.29, 1.82) is 0 Å². The van der Waals surface area contributed by atoms with Crippen molar-refractivity contribution in [1.82, 2.24) is 4.98 Å². The van der Waals surface area contributed by atoms with E-state index < -0.39 is 25.1 Å². The van der Waals surface area contributed by atoms with Crippen LogP contribution >= 0.6 is 23.2 Å². The van der Waals surface area contributed by atoms with Crippen molar-refractivity contribution in [2.45, 2.75) is 0 Å². The molecule has 142 valence electrons. The predicted octanol–water partition coefficient (Wildman–Crippen LogP) is 2.77. The summed E-state index contributed by atoms with van der Waals surface area (Å²) < 4.78 is 15.2. The smallest absolute Gasteiger partial charge is 0.344 e. The zero-order valence-electron chi connectivity index (χ0n) is 14.0. The van der Waals surface area contributed by atoms with Crippen molar-refractivity contribution < 1.29 is 28.6 Å². The summed E-state index contributed by atoms with van der Waals surface area (Å²) in [6, 6.07) is 5.86. The van der Waals surface area contributed by atoms with E-state index in [4.69, 9.17) is 37.4 Å². The number of aromatic nitrogens is 1. The van der Waals surface area contributed by atoms with Gasteiger partial charge in [-0.15, -0.1) is 0 Å². The second-order valence-electron chi connectivity index (χ2n) is 5.01. The topological polar surface area (TPSA) is 104 Å². The zero-order valence-corrected chi connectivity index (χ0v) is 15.5. The second-order valence-corrected chi connectivity index (χ2v) is 5.85. The Morgan fingerprint density at radius 3 is 2.63 bits per heavy atom. The van der Waals surface area contributed by atoms with Crippen LogP contribution in [0.3, 0.4) is 0 Å². The highest BCUT2D eigenvalue weighted by molar-refractivity contribution is 6.36. The molecule has 1 N–H and O–H groups in total. The molecule has 0 atom stereocenters. The number of nitrogens with one attached hydrogen (secondary N) is 1. The van der Waals surface area contributed by atoms with E-state index in [1.807, 2.05) is 0 Å². The van der Waals surface area contributed by atoms with E-state index in [1.165, 1.54) is 37.6 Å². The molecule has 0 saturated heterocycles. The Kier molecular flexibility index (Phi) is 7.39. The first-order chi connectivity index (χ1) is 12.9. The third kappa shape index (κ3) is 6.12. The molecule has 1 aromatic carbocycles. The van der Waals surface area contributed by atoms with Gasteiger partial charge in [-0.25, -0.2) is 9.78 Å². The minimum absolute atomic E-state index is 0.0957. The quantitative estimate of drug-likeness (QED) is 0.524. The summed E-state index contributed by atoms with van der Waals surface area (Å²) in [6.07, 6.45) is 1.97. The molecular formula is C17H14Cl2N2O6. The van der Waals surface area contributed by atoms with Crippen molar-refractivity contribution >= 4 is 47.2 Å². The van der Waals surface area contributed by atoms with Crippen LogP contribution < -0.4 is 14.8 Å². The lowest BCUT2D eigenvalue weighted by Crippen LogP contribution is -2.24. The number of nitrogens with zero attached hydrogens (tertiary/aromatic N) is 1. The fraction of sp³-hybridized carbons (Fsp3) is 0.176. The highest BCUT2D eigenvalue weighted by Gasteiger charge is 2.13. The van der Waals surface area contributed by atoms with Gasteiger partial charge in [-0.2, -0.15) is 0 Å². The Balaban J connectivity index is 1.82. The normalized spacial score (nSPS) is 10.0. The number of carbonyl (C=O) groups excluding carboxylic acids is 3. The maximum atomic E-state index is 11.8. The van der Waals surface area contributed by atoms with Crippen molar-refractivity contribution in [2.75, 3.05) is 25.6 Å². The minimum atomic E-state index is -0.776. The van der Waals surface area contributed by atoms with Crippen molar-refractivity contribution in [3.63, 3.8) is 0 Å². The molecule has 0 aliphatic rings. The molecule has 0 fully saturated rings. The molecule has 8 nitrogen and oxygen atoms in total. The molecule has 27 heavy (non-hydrogen) atoms. The van der Waals surface area contributed by atoms with Gasteiger partial charge >= 0.3 is 5.97 Å². The maximum absolute atomic E-state index is 11.8. The SMILES string of the molecule is COc1cc(C=O)ccc1OCC(=O)OCC(=O)Nc1ncc(Cl)cc1Cl. The zero-order chi connectivity index (χ0) is 19.8. The number of halogens is 2. The van der Waals surface area contributed by atoms with Crippen LogP contribution in [0.1, 0.15) is 10.4 Å². The third-order valence-corrected chi connectivity index (χ3v) is 3.59. The summed E-state index contributed by atoms with van der Waals surface area (Å²) in [5.74, 6) is -0.775. The molecule has 0 aliphatic heterocycles. The largest absolute Gasteiger partial charge is 0.493 e. The number of aldehydes is 1. The van der Waals surface area contributed by atoms with Crippen LogP contribution in [0.2, 0.25) is 10.0 Å². The van der Waals surface area contributed by atoms with E-state index in [2.05, 4.69) is 10.3 Å². The van der Waals surface area contributed by atoms with Crippen LogP contribution in [0.25, 0.3) is 0 Å². The molecule has 2 rings (SSSR count). The Morgan fingerprint density at radius 1 is 1.19 bits per heavy atom. The van der Waals surface area contributed by atoms with Crippen LogP contribution in [-0.4, -0.2) is 43.5 Å². The van der Waals surface area contributed by atoms with Gasteiger partial charge in [-0.1, -0.05) is 23.2 Å². The molecular weight excluding hydrogens is 399 g/mol. The van der Waals surface area contributed by atoms with Gasteiger partial charge in [-0.3, -0.25) is 9.59 Å². The van der Waals surface area contributed by atoms with E-state index in [0.717, 1.165) is 0 Å². The molecule has 1 heterocycles. The van der Waals surface area contributed by atoms with Crippen LogP contribution in [0.4, 0.5) is 5.82 Å². The van der Waals surface area contributed by atoms with Crippen molar-refractivity contribution in [3.05, 3.63) is 46.1 Å². The van der Waals surface area contributed by atoms with Gasteiger partial charge in [0.15, 0.2) is 30.5 Å². The Labute approximate surface area is 164 Å². The Hall–Kier alpha value is -2.84. The van der Waals surface area contributed by atoms with Crippen molar-refractivity contribution in [2.24, 2.45) is 0 Å². The summed E-state index contributed by atoms with van der Waals surface area (Å²) in [5.41, 5.74) is 0.396. The van der Waals surface area contributed by atoms with Gasteiger partial charge in [0.25, 0.3) is 5.91 Å². The molecule has 1 amide bonds. The number of rotatable bonds is 8. The summed E-state index contributed by atoms with van der Waals surface area (Å²) in [5, 5.41) is 2.85. The number of esters is 1. The first-order valence-corrected chi connectivity index (χ1v) is 8.21. The van der Waals surface area contributed by atoms with Gasteiger partial charge in [0.05, 0.1) is 17.2 Å². The minimum Gasteiger partial charge on any atom is -0.493 e. The number of carbonyl (C=O) groups is 3. The van der Waals surface area contributed by atoms with Crippen LogP contribution in [0.5, 0.6) is 11.5 Å².